The van der Waals surface area contributed by atoms with Crippen LogP contribution >= 0.6 is 11.6 Å². The van der Waals surface area contributed by atoms with Crippen LogP contribution in [0, 0.1) is 6.92 Å². The van der Waals surface area contributed by atoms with Gasteiger partial charge in [-0.15, -0.1) is 0 Å². The highest BCUT2D eigenvalue weighted by Gasteiger charge is 2.23. The maximum Gasteiger partial charge on any atom is 0.265 e. The van der Waals surface area contributed by atoms with Crippen LogP contribution in [0.5, 0.6) is 0 Å². The smallest absolute Gasteiger partial charge is 0.265 e. The number of hydrogen-bond donors (Lipinski definition) is 1. The predicted octanol–water partition coefficient (Wildman–Crippen LogP) is 5.00. The molecule has 0 amide bonds. The van der Waals surface area contributed by atoms with Gasteiger partial charge in [-0.2, -0.15) is 0 Å². The standard InChI is InChI=1S/C20H20ClN3O2S/c1-3-24(17-7-5-4-6-8-17)27(25,26)18-11-12-20(22-14-18)23-16-10-9-15(2)19(21)13-16/h4-14H,3H2,1-2H3,(H,22,23). The molecule has 0 unspecified atom stereocenters. The molecule has 0 saturated carbocycles. The molecule has 140 valence electrons. The molecule has 0 spiro atoms. The largest absolute Gasteiger partial charge is 0.340 e. The van der Waals surface area contributed by atoms with E-state index in [1.54, 1.807) is 37.3 Å². The molecule has 2 aromatic carbocycles. The van der Waals surface area contributed by atoms with Crippen molar-refractivity contribution in [2.24, 2.45) is 0 Å². The lowest BCUT2D eigenvalue weighted by Crippen LogP contribution is -2.30. The number of halogens is 1. The van der Waals surface area contributed by atoms with Gasteiger partial charge >= 0.3 is 0 Å². The Morgan fingerprint density at radius 2 is 1.81 bits per heavy atom. The number of hydrogen-bond acceptors (Lipinski definition) is 4. The summed E-state index contributed by atoms with van der Waals surface area (Å²) in [5.41, 5.74) is 2.39. The molecule has 5 nitrogen and oxygen atoms in total. The Kier molecular flexibility index (Phi) is 5.68. The number of benzene rings is 2. The molecule has 0 aliphatic carbocycles. The van der Waals surface area contributed by atoms with Gasteiger partial charge in [0.05, 0.1) is 5.69 Å². The quantitative estimate of drug-likeness (QED) is 0.631. The van der Waals surface area contributed by atoms with Crippen LogP contribution in [0.1, 0.15) is 12.5 Å². The minimum atomic E-state index is -3.68. The molecule has 1 N–H and O–H groups in total. The molecule has 0 radical (unpaired) electrons. The van der Waals surface area contributed by atoms with Crippen LogP contribution in [0.2, 0.25) is 5.02 Å². The Labute approximate surface area is 164 Å². The summed E-state index contributed by atoms with van der Waals surface area (Å²) in [6.45, 7) is 4.06. The molecular weight excluding hydrogens is 382 g/mol. The fourth-order valence-corrected chi connectivity index (χ4v) is 4.24. The highest BCUT2D eigenvalue weighted by molar-refractivity contribution is 7.92. The fraction of sp³-hybridized carbons (Fsp3) is 0.150. The third kappa shape index (κ3) is 4.23. The minimum absolute atomic E-state index is 0.140. The minimum Gasteiger partial charge on any atom is -0.340 e. The zero-order chi connectivity index (χ0) is 19.4. The van der Waals surface area contributed by atoms with Crippen molar-refractivity contribution in [1.29, 1.82) is 0 Å². The van der Waals surface area contributed by atoms with Gasteiger partial charge in [-0.05, 0) is 55.8 Å². The summed E-state index contributed by atoms with van der Waals surface area (Å²) in [7, 11) is -3.68. The molecule has 0 saturated heterocycles. The Hall–Kier alpha value is -2.57. The van der Waals surface area contributed by atoms with Gasteiger partial charge < -0.3 is 5.32 Å². The van der Waals surface area contributed by atoms with E-state index in [9.17, 15) is 8.42 Å². The van der Waals surface area contributed by atoms with E-state index in [2.05, 4.69) is 10.3 Å². The molecule has 3 aromatic rings. The number of rotatable bonds is 6. The summed E-state index contributed by atoms with van der Waals surface area (Å²) >= 11 is 6.13. The first-order chi connectivity index (χ1) is 12.9. The number of sulfonamides is 1. The van der Waals surface area contributed by atoms with Gasteiger partial charge in [0.15, 0.2) is 0 Å². The van der Waals surface area contributed by atoms with Crippen molar-refractivity contribution in [3.8, 4) is 0 Å². The highest BCUT2D eigenvalue weighted by Crippen LogP contribution is 2.25. The van der Waals surface area contributed by atoms with E-state index < -0.39 is 10.0 Å². The Morgan fingerprint density at radius 3 is 2.41 bits per heavy atom. The second-order valence-electron chi connectivity index (χ2n) is 5.97. The molecule has 7 heteroatoms. The number of pyridine rings is 1. The lowest BCUT2D eigenvalue weighted by atomic mass is 10.2. The Morgan fingerprint density at radius 1 is 1.07 bits per heavy atom. The van der Waals surface area contributed by atoms with Crippen LogP contribution in [0.15, 0.2) is 71.8 Å². The first-order valence-electron chi connectivity index (χ1n) is 8.49. The average molecular weight is 402 g/mol. The number of aromatic nitrogens is 1. The summed E-state index contributed by atoms with van der Waals surface area (Å²) in [6.07, 6.45) is 1.36. The van der Waals surface area contributed by atoms with Crippen LogP contribution < -0.4 is 9.62 Å². The van der Waals surface area contributed by atoms with E-state index in [1.165, 1.54) is 10.5 Å². The second-order valence-corrected chi connectivity index (χ2v) is 8.24. The monoisotopic (exact) mass is 401 g/mol. The number of nitrogens with zero attached hydrogens (tertiary/aromatic N) is 2. The molecular formula is C20H20ClN3O2S. The molecule has 0 bridgehead atoms. The Bertz CT molecular complexity index is 1020. The number of para-hydroxylation sites is 1. The topological polar surface area (TPSA) is 62.3 Å². The van der Waals surface area contributed by atoms with Crippen LogP contribution in [0.25, 0.3) is 0 Å². The van der Waals surface area contributed by atoms with Crippen LogP contribution in [-0.4, -0.2) is 19.9 Å². The molecule has 0 fully saturated rings. The summed E-state index contributed by atoms with van der Waals surface area (Å²) in [4.78, 5) is 4.38. The first kappa shape index (κ1) is 19.2. The van der Waals surface area contributed by atoms with Gasteiger partial charge in [0.2, 0.25) is 0 Å². The van der Waals surface area contributed by atoms with E-state index in [1.807, 2.05) is 37.3 Å². The van der Waals surface area contributed by atoms with E-state index >= 15 is 0 Å². The van der Waals surface area contributed by atoms with Crippen molar-refractivity contribution in [2.45, 2.75) is 18.7 Å². The summed E-state index contributed by atoms with van der Waals surface area (Å²) in [5.74, 6) is 0.539. The van der Waals surface area contributed by atoms with Crippen molar-refractivity contribution in [2.75, 3.05) is 16.2 Å². The maximum absolute atomic E-state index is 13.0. The van der Waals surface area contributed by atoms with E-state index in [4.69, 9.17) is 11.6 Å². The van der Waals surface area contributed by atoms with Crippen molar-refractivity contribution < 1.29 is 8.42 Å². The number of anilines is 3. The summed E-state index contributed by atoms with van der Waals surface area (Å²) in [5, 5.41) is 3.77. The molecule has 3 rings (SSSR count). The lowest BCUT2D eigenvalue weighted by molar-refractivity contribution is 0.591. The van der Waals surface area contributed by atoms with Gasteiger partial charge in [0, 0.05) is 23.5 Å². The van der Waals surface area contributed by atoms with E-state index in [-0.39, 0.29) is 4.90 Å². The van der Waals surface area contributed by atoms with Crippen molar-refractivity contribution in [3.63, 3.8) is 0 Å². The molecule has 0 aliphatic rings. The number of aryl methyl sites for hydroxylation is 1. The lowest BCUT2D eigenvalue weighted by Gasteiger charge is -2.22. The van der Waals surface area contributed by atoms with E-state index in [0.717, 1.165) is 11.3 Å². The molecule has 1 aromatic heterocycles. The molecule has 0 atom stereocenters. The SMILES string of the molecule is CCN(c1ccccc1)S(=O)(=O)c1ccc(Nc2ccc(C)c(Cl)c2)nc1. The molecule has 27 heavy (non-hydrogen) atoms. The zero-order valence-electron chi connectivity index (χ0n) is 15.1. The van der Waals surface area contributed by atoms with Crippen LogP contribution in [0.4, 0.5) is 17.2 Å². The molecule has 1 heterocycles. The van der Waals surface area contributed by atoms with E-state index in [0.29, 0.717) is 23.1 Å². The fourth-order valence-electron chi connectivity index (χ4n) is 2.64. The molecule has 0 aliphatic heterocycles. The van der Waals surface area contributed by atoms with Crippen molar-refractivity contribution in [1.82, 2.24) is 4.98 Å². The van der Waals surface area contributed by atoms with Gasteiger partial charge in [-0.3, -0.25) is 4.31 Å². The summed E-state index contributed by atoms with van der Waals surface area (Å²) in [6, 6.07) is 17.8. The normalized spacial score (nSPS) is 11.2. The van der Waals surface area contributed by atoms with Gasteiger partial charge in [-0.25, -0.2) is 13.4 Å². The third-order valence-electron chi connectivity index (χ3n) is 4.10. The Balaban J connectivity index is 1.84. The van der Waals surface area contributed by atoms with Crippen molar-refractivity contribution in [3.05, 3.63) is 77.4 Å². The van der Waals surface area contributed by atoms with Gasteiger partial charge in [0.1, 0.15) is 10.7 Å². The van der Waals surface area contributed by atoms with Crippen LogP contribution in [-0.2, 0) is 10.0 Å². The van der Waals surface area contributed by atoms with Crippen LogP contribution in [0.3, 0.4) is 0 Å². The average Bonchev–Trinajstić information content (AvgIpc) is 2.66. The number of nitrogens with one attached hydrogen (secondary N) is 1. The second kappa shape index (κ2) is 7.98. The third-order valence-corrected chi connectivity index (χ3v) is 6.39. The van der Waals surface area contributed by atoms with Crippen molar-refractivity contribution >= 4 is 38.8 Å². The maximum atomic E-state index is 13.0. The predicted molar refractivity (Wildman–Crippen MR) is 110 cm³/mol. The first-order valence-corrected chi connectivity index (χ1v) is 10.3. The zero-order valence-corrected chi connectivity index (χ0v) is 16.6. The highest BCUT2D eigenvalue weighted by atomic mass is 35.5. The van der Waals surface area contributed by atoms with Gasteiger partial charge in [-0.1, -0.05) is 35.9 Å². The van der Waals surface area contributed by atoms with Gasteiger partial charge in [0.25, 0.3) is 10.0 Å². The summed E-state index contributed by atoms with van der Waals surface area (Å²) < 4.78 is 27.3.